The quantitative estimate of drug-likeness (QED) is 0.423. The first kappa shape index (κ1) is 11.8. The normalized spacial score (nSPS) is 12.2. The molecule has 0 bridgehead atoms. The van der Waals surface area contributed by atoms with Gasteiger partial charge < -0.3 is 0 Å². The summed E-state index contributed by atoms with van der Waals surface area (Å²) >= 11 is 11.4. The van der Waals surface area contributed by atoms with Gasteiger partial charge in [-0.3, -0.25) is 0 Å². The largest absolute Gasteiger partial charge is 0.110 e. The second-order valence-electron chi connectivity index (χ2n) is 3.14. The van der Waals surface area contributed by atoms with Crippen molar-refractivity contribution in [2.45, 2.75) is 16.9 Å². The zero-order chi connectivity index (χ0) is 10.2. The average molecular weight is 245 g/mol. The molecule has 0 aromatic heterocycles. The molecule has 1 aromatic rings. The monoisotopic (exact) mass is 244 g/mol. The zero-order valence-corrected chi connectivity index (χ0v) is 10.9. The third-order valence-corrected chi connectivity index (χ3v) is 4.47. The van der Waals surface area contributed by atoms with Gasteiger partial charge in [-0.05, 0) is 12.0 Å². The minimum absolute atomic E-state index is 0.0832. The fourth-order valence-electron chi connectivity index (χ4n) is 1.17. The Balaban J connectivity index is 2.21. The van der Waals surface area contributed by atoms with E-state index in [1.807, 2.05) is 18.2 Å². The predicted octanol–water partition coefficient (Wildman–Crippen LogP) is 3.44. The Bertz CT molecular complexity index is 270. The fourth-order valence-corrected chi connectivity index (χ4v) is 2.88. The molecule has 0 aliphatic carbocycles. The molecule has 0 heterocycles. The van der Waals surface area contributed by atoms with Gasteiger partial charge in [0.25, 0.3) is 0 Å². The predicted molar refractivity (Wildman–Crippen MR) is 68.9 cm³/mol. The van der Waals surface area contributed by atoms with Gasteiger partial charge in [0.15, 0.2) is 0 Å². The molecule has 0 spiro atoms. The van der Waals surface area contributed by atoms with Gasteiger partial charge >= 0.3 is 0 Å². The maximum Gasteiger partial charge on any atom is 0.0908 e. The summed E-state index contributed by atoms with van der Waals surface area (Å²) in [6.45, 7) is 0. The van der Waals surface area contributed by atoms with Crippen LogP contribution < -0.4 is 0 Å². The molecule has 0 N–H and O–H groups in total. The van der Waals surface area contributed by atoms with Crippen LogP contribution in [0, 0.1) is 0 Å². The number of rotatable bonds is 5. The van der Waals surface area contributed by atoms with E-state index >= 15 is 0 Å². The molecular weight excluding hydrogens is 231 g/mol. The molecule has 0 aliphatic heterocycles. The number of hydrogen-bond acceptors (Lipinski definition) is 0. The summed E-state index contributed by atoms with van der Waals surface area (Å²) in [5.74, 6) is 0. The van der Waals surface area contributed by atoms with Gasteiger partial charge in [0.1, 0.15) is 0 Å². The lowest BCUT2D eigenvalue weighted by Crippen LogP contribution is -1.99. The highest BCUT2D eigenvalue weighted by molar-refractivity contribution is 6.68. The molecule has 0 radical (unpaired) electrons. The maximum atomic E-state index is 5.68. The summed E-state index contributed by atoms with van der Waals surface area (Å²) in [5, 5.41) is 0. The van der Waals surface area contributed by atoms with Crippen LogP contribution in [0.15, 0.2) is 36.4 Å². The minimum Gasteiger partial charge on any atom is -0.110 e. The third-order valence-electron chi connectivity index (χ3n) is 1.90. The van der Waals surface area contributed by atoms with Gasteiger partial charge in [-0.15, -0.1) is 23.2 Å². The van der Waals surface area contributed by atoms with Crippen molar-refractivity contribution in [2.75, 3.05) is 0 Å². The van der Waals surface area contributed by atoms with Crippen LogP contribution in [0.4, 0.5) is 0 Å². The van der Waals surface area contributed by atoms with E-state index in [0.29, 0.717) is 0 Å². The lowest BCUT2D eigenvalue weighted by atomic mass is 10.2. The topological polar surface area (TPSA) is 0 Å². The van der Waals surface area contributed by atoms with E-state index in [2.05, 4.69) is 24.3 Å². The maximum absolute atomic E-state index is 5.68. The molecule has 0 unspecified atom stereocenters. The summed E-state index contributed by atoms with van der Waals surface area (Å²) in [6, 6.07) is 11.5. The van der Waals surface area contributed by atoms with E-state index in [9.17, 15) is 0 Å². The molecule has 0 saturated heterocycles. The Morgan fingerprint density at radius 2 is 1.93 bits per heavy atom. The second-order valence-corrected chi connectivity index (χ2v) is 7.55. The van der Waals surface area contributed by atoms with Crippen molar-refractivity contribution in [3.05, 3.63) is 42.0 Å². The van der Waals surface area contributed by atoms with Gasteiger partial charge in [-0.1, -0.05) is 48.5 Å². The van der Waals surface area contributed by atoms with E-state index in [-0.39, 0.29) is 14.0 Å². The number of halogens is 2. The molecule has 1 aromatic carbocycles. The standard InChI is InChI=1S/C11H14Cl2Si/c12-11(13)14-9-5-4-8-10-6-2-1-3-7-10/h1-4,6-8,11H,5,9,14H2. The molecule has 0 fully saturated rings. The first-order valence-corrected chi connectivity index (χ1v) is 7.47. The van der Waals surface area contributed by atoms with E-state index in [1.165, 1.54) is 11.6 Å². The van der Waals surface area contributed by atoms with Gasteiger partial charge in [0.2, 0.25) is 0 Å². The summed E-state index contributed by atoms with van der Waals surface area (Å²) in [6.07, 6.45) is 5.43. The lowest BCUT2D eigenvalue weighted by molar-refractivity contribution is 1.20. The fraction of sp³-hybridized carbons (Fsp3) is 0.273. The van der Waals surface area contributed by atoms with Gasteiger partial charge in [-0.2, -0.15) is 0 Å². The molecule has 0 saturated carbocycles. The molecule has 1 rings (SSSR count). The average Bonchev–Trinajstić information content (AvgIpc) is 2.18. The van der Waals surface area contributed by atoms with Gasteiger partial charge in [0.05, 0.1) is 14.0 Å². The van der Waals surface area contributed by atoms with Crippen molar-refractivity contribution in [3.63, 3.8) is 0 Å². The summed E-state index contributed by atoms with van der Waals surface area (Å²) < 4.78 is -0.0832. The van der Waals surface area contributed by atoms with Crippen molar-refractivity contribution in [1.29, 1.82) is 0 Å². The molecule has 0 atom stereocenters. The zero-order valence-electron chi connectivity index (χ0n) is 8.00. The van der Waals surface area contributed by atoms with Crippen LogP contribution in [-0.4, -0.2) is 14.0 Å². The third kappa shape index (κ3) is 5.48. The van der Waals surface area contributed by atoms with E-state index in [0.717, 1.165) is 6.42 Å². The van der Waals surface area contributed by atoms with E-state index < -0.39 is 0 Å². The van der Waals surface area contributed by atoms with Crippen LogP contribution in [0.3, 0.4) is 0 Å². The SMILES string of the molecule is ClC(Cl)[SiH2]CCC=Cc1ccccc1. The van der Waals surface area contributed by atoms with E-state index in [1.54, 1.807) is 0 Å². The molecule has 0 nitrogen and oxygen atoms in total. The van der Waals surface area contributed by atoms with Crippen LogP contribution in [0.25, 0.3) is 6.08 Å². The number of benzene rings is 1. The van der Waals surface area contributed by atoms with Crippen LogP contribution in [-0.2, 0) is 0 Å². The summed E-state index contributed by atoms with van der Waals surface area (Å²) in [4.78, 5) is 0. The first-order valence-electron chi connectivity index (χ1n) is 4.79. The Labute approximate surface area is 97.7 Å². The van der Waals surface area contributed by atoms with Gasteiger partial charge in [0, 0.05) is 0 Å². The number of allylic oxidation sites excluding steroid dienone is 1. The molecule has 3 heteroatoms. The molecule has 14 heavy (non-hydrogen) atoms. The van der Waals surface area contributed by atoms with Crippen molar-refractivity contribution in [3.8, 4) is 0 Å². The lowest BCUT2D eigenvalue weighted by Gasteiger charge is -1.96. The van der Waals surface area contributed by atoms with Crippen LogP contribution in [0.5, 0.6) is 0 Å². The Morgan fingerprint density at radius 3 is 2.57 bits per heavy atom. The van der Waals surface area contributed by atoms with Gasteiger partial charge in [-0.25, -0.2) is 0 Å². The molecule has 0 amide bonds. The Hall–Kier alpha value is -0.243. The van der Waals surface area contributed by atoms with Crippen LogP contribution in [0.2, 0.25) is 6.04 Å². The smallest absolute Gasteiger partial charge is 0.0908 e. The first-order chi connectivity index (χ1) is 6.79. The highest BCUT2D eigenvalue weighted by atomic mass is 35.5. The molecule has 76 valence electrons. The summed E-state index contributed by atoms with van der Waals surface area (Å²) in [7, 11) is -0.274. The Kier molecular flexibility index (Phi) is 6.00. The highest BCUT2D eigenvalue weighted by Gasteiger charge is 1.96. The summed E-state index contributed by atoms with van der Waals surface area (Å²) in [5.41, 5.74) is 1.25. The van der Waals surface area contributed by atoms with Crippen LogP contribution >= 0.6 is 23.2 Å². The number of alkyl halides is 2. The van der Waals surface area contributed by atoms with E-state index in [4.69, 9.17) is 23.2 Å². The molecule has 0 aliphatic rings. The Morgan fingerprint density at radius 1 is 1.21 bits per heavy atom. The van der Waals surface area contributed by atoms with Crippen molar-refractivity contribution in [2.24, 2.45) is 0 Å². The van der Waals surface area contributed by atoms with Crippen LogP contribution in [0.1, 0.15) is 12.0 Å². The minimum atomic E-state index is -0.274. The highest BCUT2D eigenvalue weighted by Crippen LogP contribution is 2.06. The van der Waals surface area contributed by atoms with Crippen molar-refractivity contribution < 1.29 is 0 Å². The van der Waals surface area contributed by atoms with Crippen molar-refractivity contribution in [1.82, 2.24) is 0 Å². The second kappa shape index (κ2) is 7.10. The van der Waals surface area contributed by atoms with Crippen molar-refractivity contribution >= 4 is 38.8 Å². The number of hydrogen-bond donors (Lipinski definition) is 0. The molecular formula is C11H14Cl2Si.